The lowest BCUT2D eigenvalue weighted by Crippen LogP contribution is -2.15. The van der Waals surface area contributed by atoms with Gasteiger partial charge in [-0.15, -0.1) is 12.4 Å². The largest absolute Gasteiger partial charge is 0.312 e. The van der Waals surface area contributed by atoms with Crippen LogP contribution in [0.2, 0.25) is 0 Å². The predicted molar refractivity (Wildman–Crippen MR) is 83.2 cm³/mol. The number of hydrogen-bond acceptors (Lipinski definition) is 3. The molecule has 5 heteroatoms. The summed E-state index contributed by atoms with van der Waals surface area (Å²) in [6, 6.07) is 6.81. The van der Waals surface area contributed by atoms with Gasteiger partial charge in [-0.25, -0.2) is 0 Å². The predicted octanol–water partition coefficient (Wildman–Crippen LogP) is 4.00. The van der Waals surface area contributed by atoms with E-state index in [-0.39, 0.29) is 23.0 Å². The number of allylic oxidation sites excluding steroid dienone is 1. The summed E-state index contributed by atoms with van der Waals surface area (Å²) >= 11 is 0. The van der Waals surface area contributed by atoms with Crippen molar-refractivity contribution in [1.29, 1.82) is 0 Å². The van der Waals surface area contributed by atoms with Gasteiger partial charge in [0, 0.05) is 18.7 Å². The summed E-state index contributed by atoms with van der Waals surface area (Å²) < 4.78 is 0. The van der Waals surface area contributed by atoms with Crippen molar-refractivity contribution in [3.8, 4) is 0 Å². The molecule has 0 amide bonds. The highest BCUT2D eigenvalue weighted by molar-refractivity contribution is 5.85. The summed E-state index contributed by atoms with van der Waals surface area (Å²) in [5.41, 5.74) is 2.68. The molecule has 20 heavy (non-hydrogen) atoms. The van der Waals surface area contributed by atoms with Crippen LogP contribution in [-0.4, -0.2) is 11.5 Å². The fraction of sp³-hybridized carbons (Fsp3) is 0.467. The SMILES string of the molecule is Cl.O=[N+]([O-])c1cccc(CNCCC2=CCCCC2)c1. The maximum atomic E-state index is 10.7. The molecule has 1 aromatic rings. The fourth-order valence-electron chi connectivity index (χ4n) is 2.39. The maximum absolute atomic E-state index is 10.7. The number of rotatable bonds is 6. The Morgan fingerprint density at radius 2 is 2.15 bits per heavy atom. The number of nitrogens with zero attached hydrogens (tertiary/aromatic N) is 1. The Bertz CT molecular complexity index is 475. The second-order valence-corrected chi connectivity index (χ2v) is 4.96. The lowest BCUT2D eigenvalue weighted by atomic mass is 9.97. The highest BCUT2D eigenvalue weighted by atomic mass is 35.5. The molecular formula is C15H21ClN2O2. The van der Waals surface area contributed by atoms with Gasteiger partial charge in [0.05, 0.1) is 4.92 Å². The van der Waals surface area contributed by atoms with E-state index in [1.807, 2.05) is 6.07 Å². The summed E-state index contributed by atoms with van der Waals surface area (Å²) in [6.45, 7) is 1.63. The monoisotopic (exact) mass is 296 g/mol. The molecule has 0 fully saturated rings. The molecule has 0 unspecified atom stereocenters. The number of halogens is 1. The van der Waals surface area contributed by atoms with Crippen molar-refractivity contribution in [3.05, 3.63) is 51.6 Å². The third kappa shape index (κ3) is 5.31. The van der Waals surface area contributed by atoms with Crippen molar-refractivity contribution in [2.75, 3.05) is 6.54 Å². The van der Waals surface area contributed by atoms with Crippen LogP contribution in [0.4, 0.5) is 5.69 Å². The second-order valence-electron chi connectivity index (χ2n) is 4.96. The molecule has 0 atom stereocenters. The molecule has 1 aromatic carbocycles. The van der Waals surface area contributed by atoms with E-state index in [2.05, 4.69) is 11.4 Å². The van der Waals surface area contributed by atoms with Gasteiger partial charge in [0.25, 0.3) is 5.69 Å². The zero-order valence-electron chi connectivity index (χ0n) is 11.5. The summed E-state index contributed by atoms with van der Waals surface area (Å²) in [5, 5.41) is 14.0. The summed E-state index contributed by atoms with van der Waals surface area (Å²) in [4.78, 5) is 10.3. The smallest absolute Gasteiger partial charge is 0.269 e. The molecule has 0 saturated heterocycles. The average molecular weight is 297 g/mol. The molecule has 1 N–H and O–H groups in total. The first-order valence-electron chi connectivity index (χ1n) is 6.87. The van der Waals surface area contributed by atoms with E-state index in [1.54, 1.807) is 17.7 Å². The minimum absolute atomic E-state index is 0. The highest BCUT2D eigenvalue weighted by Crippen LogP contribution is 2.19. The van der Waals surface area contributed by atoms with E-state index in [4.69, 9.17) is 0 Å². The molecule has 0 radical (unpaired) electrons. The standard InChI is InChI=1S/C15H20N2O2.ClH/c18-17(19)15-8-4-7-14(11-15)12-16-10-9-13-5-2-1-3-6-13;/h4-5,7-8,11,16H,1-3,6,9-10,12H2;1H. The van der Waals surface area contributed by atoms with Gasteiger partial charge in [-0.2, -0.15) is 0 Å². The van der Waals surface area contributed by atoms with Crippen LogP contribution < -0.4 is 5.32 Å². The zero-order chi connectivity index (χ0) is 13.5. The minimum atomic E-state index is -0.351. The zero-order valence-corrected chi connectivity index (χ0v) is 12.3. The van der Waals surface area contributed by atoms with Crippen molar-refractivity contribution >= 4 is 18.1 Å². The van der Waals surface area contributed by atoms with Crippen LogP contribution in [0.1, 0.15) is 37.7 Å². The van der Waals surface area contributed by atoms with Crippen molar-refractivity contribution in [2.24, 2.45) is 0 Å². The van der Waals surface area contributed by atoms with Gasteiger partial charge in [0.15, 0.2) is 0 Å². The number of non-ortho nitro benzene ring substituents is 1. The number of benzene rings is 1. The van der Waals surface area contributed by atoms with Crippen LogP contribution in [0.3, 0.4) is 0 Å². The minimum Gasteiger partial charge on any atom is -0.312 e. The van der Waals surface area contributed by atoms with E-state index < -0.39 is 0 Å². The Morgan fingerprint density at radius 1 is 1.30 bits per heavy atom. The van der Waals surface area contributed by atoms with E-state index in [0.29, 0.717) is 6.54 Å². The van der Waals surface area contributed by atoms with Crippen LogP contribution >= 0.6 is 12.4 Å². The van der Waals surface area contributed by atoms with Crippen molar-refractivity contribution in [2.45, 2.75) is 38.6 Å². The third-order valence-corrected chi connectivity index (χ3v) is 3.46. The van der Waals surface area contributed by atoms with Crippen molar-refractivity contribution in [1.82, 2.24) is 5.32 Å². The molecule has 0 bridgehead atoms. The van der Waals surface area contributed by atoms with Gasteiger partial charge in [0.1, 0.15) is 0 Å². The first-order chi connectivity index (χ1) is 9.25. The molecule has 2 rings (SSSR count). The van der Waals surface area contributed by atoms with Gasteiger partial charge in [-0.1, -0.05) is 23.8 Å². The molecule has 0 heterocycles. The van der Waals surface area contributed by atoms with Crippen LogP contribution in [0.5, 0.6) is 0 Å². The van der Waals surface area contributed by atoms with E-state index >= 15 is 0 Å². The van der Waals surface area contributed by atoms with Crippen LogP contribution in [0.15, 0.2) is 35.9 Å². The number of nitrogens with one attached hydrogen (secondary N) is 1. The second kappa shape index (κ2) is 8.72. The molecule has 0 aromatic heterocycles. The Labute approximate surface area is 125 Å². The van der Waals surface area contributed by atoms with Crippen molar-refractivity contribution < 1.29 is 4.92 Å². The molecule has 1 aliphatic rings. The summed E-state index contributed by atoms with van der Waals surface area (Å²) in [7, 11) is 0. The van der Waals surface area contributed by atoms with Gasteiger partial charge in [-0.3, -0.25) is 10.1 Å². The molecule has 4 nitrogen and oxygen atoms in total. The molecule has 0 saturated carbocycles. The van der Waals surface area contributed by atoms with Crippen molar-refractivity contribution in [3.63, 3.8) is 0 Å². The first-order valence-corrected chi connectivity index (χ1v) is 6.87. The number of nitro groups is 1. The topological polar surface area (TPSA) is 55.2 Å². The lowest BCUT2D eigenvalue weighted by molar-refractivity contribution is -0.384. The van der Waals surface area contributed by atoms with Crippen LogP contribution in [0.25, 0.3) is 0 Å². The molecular weight excluding hydrogens is 276 g/mol. The molecule has 0 spiro atoms. The normalized spacial score (nSPS) is 14.3. The molecule has 0 aliphatic heterocycles. The van der Waals surface area contributed by atoms with Gasteiger partial charge < -0.3 is 5.32 Å². The quantitative estimate of drug-likeness (QED) is 0.374. The van der Waals surface area contributed by atoms with E-state index in [9.17, 15) is 10.1 Å². The Kier molecular flexibility index (Phi) is 7.26. The number of nitro benzene ring substituents is 1. The van der Waals surface area contributed by atoms with Gasteiger partial charge in [-0.05, 0) is 44.2 Å². The Balaban J connectivity index is 0.00000200. The molecule has 1 aliphatic carbocycles. The Hall–Kier alpha value is -1.39. The Morgan fingerprint density at radius 3 is 2.85 bits per heavy atom. The summed E-state index contributed by atoms with van der Waals surface area (Å²) in [5.74, 6) is 0. The third-order valence-electron chi connectivity index (χ3n) is 3.46. The lowest BCUT2D eigenvalue weighted by Gasteiger charge is -2.12. The maximum Gasteiger partial charge on any atom is 0.269 e. The molecule has 110 valence electrons. The van der Waals surface area contributed by atoms with Gasteiger partial charge >= 0.3 is 0 Å². The highest BCUT2D eigenvalue weighted by Gasteiger charge is 2.06. The van der Waals surface area contributed by atoms with Crippen LogP contribution in [-0.2, 0) is 6.54 Å². The van der Waals surface area contributed by atoms with Crippen LogP contribution in [0, 0.1) is 10.1 Å². The average Bonchev–Trinajstić information content (AvgIpc) is 2.45. The summed E-state index contributed by atoms with van der Waals surface area (Å²) in [6.07, 6.45) is 8.55. The van der Waals surface area contributed by atoms with E-state index in [0.717, 1.165) is 18.5 Å². The van der Waals surface area contributed by atoms with E-state index in [1.165, 1.54) is 31.7 Å². The fourth-order valence-corrected chi connectivity index (χ4v) is 2.39. The number of hydrogen-bond donors (Lipinski definition) is 1. The first kappa shape index (κ1) is 16.7. The van der Waals surface area contributed by atoms with Gasteiger partial charge in [0.2, 0.25) is 0 Å².